The summed E-state index contributed by atoms with van der Waals surface area (Å²) >= 11 is 0.913. The van der Waals surface area contributed by atoms with Crippen molar-refractivity contribution >= 4 is 38.6 Å². The molecule has 10 nitrogen and oxygen atoms in total. The minimum atomic E-state index is -4.95. The third kappa shape index (κ3) is 5.57. The Morgan fingerprint density at radius 2 is 1.81 bits per heavy atom. The SMILES string of the molecule is COC(=O)c1cc(OC(F)(F)F)c2nc(N3[C@@H]4C[I-][C@H]3C[C@@H](OC(=O)c3c(C56CCC(OC)(CC5)CC6)noc3C3CC3)C4)sc2c1. The Bertz CT molecular complexity index is 1700. The zero-order valence-corrected chi connectivity index (χ0v) is 28.8. The Labute approximate surface area is 282 Å². The number of nitrogens with zero attached hydrogens (tertiary/aromatic N) is 3. The monoisotopic (exact) mass is 788 g/mol. The maximum absolute atomic E-state index is 14.0. The van der Waals surface area contributed by atoms with Gasteiger partial charge in [-0.15, -0.1) is 0 Å². The molecule has 0 N–H and O–H groups in total. The number of aromatic nitrogens is 2. The van der Waals surface area contributed by atoms with Gasteiger partial charge in [0.15, 0.2) is 0 Å². The number of piperidine rings is 1. The Balaban J connectivity index is 1.03. The number of anilines is 1. The van der Waals surface area contributed by atoms with Crippen LogP contribution >= 0.6 is 11.3 Å². The van der Waals surface area contributed by atoms with Crippen molar-refractivity contribution in [2.24, 2.45) is 0 Å². The molecule has 4 saturated carbocycles. The summed E-state index contributed by atoms with van der Waals surface area (Å²) in [6.45, 7) is 0. The molecular weight excluding hydrogens is 754 g/mol. The van der Waals surface area contributed by atoms with Gasteiger partial charge in [0.25, 0.3) is 0 Å². The van der Waals surface area contributed by atoms with Gasteiger partial charge in [-0.3, -0.25) is 0 Å². The summed E-state index contributed by atoms with van der Waals surface area (Å²) in [6.07, 6.45) is 3.44. The van der Waals surface area contributed by atoms with Gasteiger partial charge in [0, 0.05) is 7.11 Å². The number of methoxy groups -OCH3 is 2. The second-order valence-corrected chi connectivity index (χ2v) is 17.6. The molecule has 3 atom stereocenters. The molecule has 1 aromatic carbocycles. The van der Waals surface area contributed by atoms with Crippen LogP contribution in [0.15, 0.2) is 16.7 Å². The summed E-state index contributed by atoms with van der Waals surface area (Å²) < 4.78 is 68.4. The van der Waals surface area contributed by atoms with Gasteiger partial charge in [0.1, 0.15) is 0 Å². The summed E-state index contributed by atoms with van der Waals surface area (Å²) in [4.78, 5) is 33.0. The first-order valence-electron chi connectivity index (χ1n) is 15.9. The van der Waals surface area contributed by atoms with Gasteiger partial charge in [-0.25, -0.2) is 0 Å². The van der Waals surface area contributed by atoms with Crippen LogP contribution < -0.4 is 30.8 Å². The van der Waals surface area contributed by atoms with Crippen LogP contribution in [0.5, 0.6) is 5.75 Å². The predicted molar refractivity (Wildman–Crippen MR) is 159 cm³/mol. The zero-order chi connectivity index (χ0) is 32.7. The van der Waals surface area contributed by atoms with E-state index in [2.05, 4.69) is 19.8 Å². The van der Waals surface area contributed by atoms with Crippen LogP contribution in [0.3, 0.4) is 0 Å². The van der Waals surface area contributed by atoms with Gasteiger partial charge in [-0.05, 0) is 0 Å². The fraction of sp³-hybridized carbons (Fsp3) is 0.625. The molecule has 4 bridgehead atoms. The molecule has 254 valence electrons. The van der Waals surface area contributed by atoms with Crippen molar-refractivity contribution in [3.63, 3.8) is 0 Å². The first kappa shape index (κ1) is 31.6. The van der Waals surface area contributed by atoms with E-state index in [-0.39, 0.29) is 71.4 Å². The summed E-state index contributed by atoms with van der Waals surface area (Å²) in [5.41, 5.74) is 1.03. The quantitative estimate of drug-likeness (QED) is 0.146. The van der Waals surface area contributed by atoms with E-state index in [0.717, 1.165) is 67.6 Å². The second kappa shape index (κ2) is 11.5. The fourth-order valence-corrected chi connectivity index (χ4v) is 13.3. The van der Waals surface area contributed by atoms with E-state index in [4.69, 9.17) is 18.7 Å². The molecule has 3 aromatic rings. The summed E-state index contributed by atoms with van der Waals surface area (Å²) in [6, 6.07) is 2.54. The molecule has 0 radical (unpaired) electrons. The Morgan fingerprint density at radius 1 is 1.06 bits per heavy atom. The standard InChI is InChI=1S/C32H34F3IN3O7S/c1-42-27(40)17-11-20(45-32(33,34)35)24-21(12-17)47-29(37-24)39-18-13-19(14-22(39)36-15-18)44-28(41)23-25(16-3-4-16)46-38-26(23)30-5-8-31(43-2,9-6-30)10-7-30/h11-12,16,18-19,22H,3-10,13-15H2,1-2H3/q-1/t18-,19-,22+,30?,31?/m0/s1. The maximum atomic E-state index is 14.0. The molecular formula is C32H34F3IN3O7S-. The third-order valence-corrected chi connectivity index (χ3v) is 15.4. The number of esters is 2. The van der Waals surface area contributed by atoms with Crippen LogP contribution in [0.1, 0.15) is 102 Å². The van der Waals surface area contributed by atoms with Crippen molar-refractivity contribution in [1.29, 1.82) is 0 Å². The van der Waals surface area contributed by atoms with Crippen molar-refractivity contribution in [3.8, 4) is 5.75 Å². The molecule has 2 aromatic heterocycles. The average molecular weight is 789 g/mol. The minimum absolute atomic E-state index is 0.0364. The number of halogens is 4. The molecule has 0 spiro atoms. The van der Waals surface area contributed by atoms with Gasteiger partial charge in [0.2, 0.25) is 0 Å². The van der Waals surface area contributed by atoms with Crippen LogP contribution in [-0.2, 0) is 19.6 Å². The molecule has 4 heterocycles. The van der Waals surface area contributed by atoms with E-state index in [1.54, 1.807) is 7.11 Å². The molecule has 4 aliphatic carbocycles. The van der Waals surface area contributed by atoms with E-state index < -0.39 is 18.1 Å². The Morgan fingerprint density at radius 3 is 2.45 bits per heavy atom. The topological polar surface area (TPSA) is 113 Å². The first-order valence-corrected chi connectivity index (χ1v) is 19.5. The van der Waals surface area contributed by atoms with Crippen molar-refractivity contribution in [1.82, 2.24) is 10.1 Å². The Hall–Kier alpha value is -2.66. The molecule has 15 heteroatoms. The number of hydrogen-bond acceptors (Lipinski definition) is 11. The van der Waals surface area contributed by atoms with Gasteiger partial charge < -0.3 is 0 Å². The molecule has 6 aliphatic rings. The van der Waals surface area contributed by atoms with Crippen molar-refractivity contribution in [2.45, 2.75) is 104 Å². The summed E-state index contributed by atoms with van der Waals surface area (Å²) in [7, 11) is 2.96. The van der Waals surface area contributed by atoms with E-state index in [9.17, 15) is 22.8 Å². The van der Waals surface area contributed by atoms with Gasteiger partial charge in [-0.1, -0.05) is 0 Å². The van der Waals surface area contributed by atoms with E-state index in [0.29, 0.717) is 34.0 Å². The van der Waals surface area contributed by atoms with Crippen molar-refractivity contribution in [3.05, 3.63) is 34.7 Å². The molecule has 0 amide bonds. The molecule has 6 fully saturated rings. The third-order valence-electron chi connectivity index (χ3n) is 10.7. The average Bonchev–Trinajstić information content (AvgIpc) is 3.53. The van der Waals surface area contributed by atoms with Crippen LogP contribution in [0.4, 0.5) is 18.3 Å². The second-order valence-electron chi connectivity index (χ2n) is 13.4. The normalized spacial score (nSPS) is 30.3. The number of carbonyl (C=O) groups excluding carboxylic acids is 2. The Kier molecular flexibility index (Phi) is 7.70. The number of carbonyl (C=O) groups is 2. The molecule has 9 rings (SSSR count). The van der Waals surface area contributed by atoms with Crippen LogP contribution in [0.25, 0.3) is 10.2 Å². The van der Waals surface area contributed by atoms with E-state index in [1.165, 1.54) is 24.5 Å². The molecule has 2 aliphatic heterocycles. The summed E-state index contributed by atoms with van der Waals surface area (Å²) in [5, 5.41) is 5.14. The number of thiazole rings is 1. The van der Waals surface area contributed by atoms with Gasteiger partial charge >= 0.3 is 277 Å². The van der Waals surface area contributed by atoms with Crippen molar-refractivity contribution < 1.29 is 67.4 Å². The summed E-state index contributed by atoms with van der Waals surface area (Å²) in [5.74, 6) is -0.790. The van der Waals surface area contributed by atoms with E-state index in [1.807, 2.05) is 0 Å². The molecule has 0 unspecified atom stereocenters. The van der Waals surface area contributed by atoms with Crippen LogP contribution in [-0.4, -0.2) is 68.9 Å². The zero-order valence-electron chi connectivity index (χ0n) is 25.9. The number of ether oxygens (including phenoxy) is 4. The number of hydrogen-bond donors (Lipinski definition) is 0. The van der Waals surface area contributed by atoms with Crippen LogP contribution in [0.2, 0.25) is 0 Å². The van der Waals surface area contributed by atoms with Crippen LogP contribution in [0, 0.1) is 0 Å². The first-order chi connectivity index (χ1) is 22.5. The van der Waals surface area contributed by atoms with Gasteiger partial charge in [0.05, 0.1) is 0 Å². The molecule has 2 saturated heterocycles. The number of benzene rings is 1. The van der Waals surface area contributed by atoms with E-state index >= 15 is 0 Å². The van der Waals surface area contributed by atoms with Gasteiger partial charge in [-0.2, -0.15) is 0 Å². The molecule has 47 heavy (non-hydrogen) atoms. The van der Waals surface area contributed by atoms with Crippen molar-refractivity contribution in [2.75, 3.05) is 23.5 Å². The number of fused-ring (bicyclic) bond motifs is 6. The fourth-order valence-electron chi connectivity index (χ4n) is 7.97. The number of rotatable bonds is 8. The predicted octanol–water partition coefficient (Wildman–Crippen LogP) is 3.46. The number of alkyl halides is 5.